The Labute approximate surface area is 135 Å². The molecular formula is C11H22F6NO5P. The lowest BCUT2D eigenvalue weighted by Gasteiger charge is -2.37. The van der Waals surface area contributed by atoms with E-state index in [1.54, 1.807) is 0 Å². The van der Waals surface area contributed by atoms with Crippen LogP contribution in [0.15, 0.2) is 0 Å². The maximum atomic E-state index is 12.5. The van der Waals surface area contributed by atoms with E-state index in [2.05, 4.69) is 5.32 Å². The third-order valence-electron chi connectivity index (χ3n) is 2.26. The van der Waals surface area contributed by atoms with Gasteiger partial charge in [0.05, 0.1) is 25.0 Å². The Morgan fingerprint density at radius 3 is 1.54 bits per heavy atom. The van der Waals surface area contributed by atoms with Gasteiger partial charge in [0.25, 0.3) is 0 Å². The molecule has 0 heterocycles. The lowest BCUT2D eigenvalue weighted by Crippen LogP contribution is -2.56. The van der Waals surface area contributed by atoms with E-state index in [0.717, 1.165) is 0 Å². The molecular weight excluding hydrogens is 371 g/mol. The highest BCUT2D eigenvalue weighted by molar-refractivity contribution is 7.45. The van der Waals surface area contributed by atoms with E-state index < -0.39 is 51.2 Å². The van der Waals surface area contributed by atoms with Crippen molar-refractivity contribution in [3.8, 4) is 0 Å². The first-order chi connectivity index (χ1) is 10.4. The van der Waals surface area contributed by atoms with Gasteiger partial charge in [-0.1, -0.05) is 13.8 Å². The van der Waals surface area contributed by atoms with Crippen molar-refractivity contribution in [1.82, 2.24) is 5.32 Å². The summed E-state index contributed by atoms with van der Waals surface area (Å²) < 4.78 is 89.0. The quantitative estimate of drug-likeness (QED) is 0.392. The summed E-state index contributed by atoms with van der Waals surface area (Å²) in [7, 11) is -4.64. The van der Waals surface area contributed by atoms with Crippen molar-refractivity contribution in [1.29, 1.82) is 0 Å². The molecule has 0 saturated heterocycles. The maximum Gasteiger partial charge on any atom is 0.466 e. The predicted octanol–water partition coefficient (Wildman–Crippen LogP) is 2.74. The number of hydrogen-bond donors (Lipinski definition) is 4. The van der Waals surface area contributed by atoms with Gasteiger partial charge in [-0.05, 0) is 6.92 Å². The number of rotatable bonds is 7. The van der Waals surface area contributed by atoms with E-state index in [-0.39, 0.29) is 6.61 Å². The fourth-order valence-electron chi connectivity index (χ4n) is 1.99. The fourth-order valence-corrected chi connectivity index (χ4v) is 1.99. The lowest BCUT2D eigenvalue weighted by molar-refractivity contribution is -0.190. The number of hydrogen-bond acceptors (Lipinski definition) is 3. The van der Waals surface area contributed by atoms with Gasteiger partial charge in [0.15, 0.2) is 0 Å². The summed E-state index contributed by atoms with van der Waals surface area (Å²) in [5.74, 6) is 0. The standard InChI is InChI=1S/C11H19F6NO.H3O4P/c1-4-19-7-9(18-8(2)3,5-10(12,13)14)6-11(15,16)17;1-5(2,3)4/h8,18H,4-7H2,1-3H3;(H3,1,2,3,4). The summed E-state index contributed by atoms with van der Waals surface area (Å²) >= 11 is 0. The molecule has 13 heteroatoms. The molecule has 0 aliphatic heterocycles. The first-order valence-electron chi connectivity index (χ1n) is 6.66. The summed E-state index contributed by atoms with van der Waals surface area (Å²) in [5.41, 5.74) is -2.18. The van der Waals surface area contributed by atoms with Crippen LogP contribution in [0.25, 0.3) is 0 Å². The van der Waals surface area contributed by atoms with Crippen LogP contribution in [0.5, 0.6) is 0 Å². The molecule has 148 valence electrons. The summed E-state index contributed by atoms with van der Waals surface area (Å²) in [6, 6.07) is -0.523. The van der Waals surface area contributed by atoms with Gasteiger partial charge >= 0.3 is 20.2 Å². The highest BCUT2D eigenvalue weighted by atomic mass is 31.2. The summed E-state index contributed by atoms with van der Waals surface area (Å²) in [6.07, 6.45) is -12.6. The minimum absolute atomic E-state index is 0.0528. The maximum absolute atomic E-state index is 12.5. The van der Waals surface area contributed by atoms with Crippen LogP contribution in [0.1, 0.15) is 33.6 Å². The molecule has 0 radical (unpaired) electrons. The molecule has 6 nitrogen and oxygen atoms in total. The van der Waals surface area contributed by atoms with Crippen LogP contribution < -0.4 is 5.32 Å². The molecule has 24 heavy (non-hydrogen) atoms. The average Bonchev–Trinajstić information content (AvgIpc) is 2.17. The first-order valence-corrected chi connectivity index (χ1v) is 8.23. The zero-order valence-electron chi connectivity index (χ0n) is 13.3. The Morgan fingerprint density at radius 2 is 1.33 bits per heavy atom. The SMILES string of the molecule is CCOCC(CC(F)(F)F)(CC(F)(F)F)NC(C)C.O=P(O)(O)O. The van der Waals surface area contributed by atoms with Crippen molar-refractivity contribution in [2.45, 2.75) is 57.5 Å². The third-order valence-corrected chi connectivity index (χ3v) is 2.26. The lowest BCUT2D eigenvalue weighted by atomic mass is 9.90. The van der Waals surface area contributed by atoms with Crippen LogP contribution in [-0.2, 0) is 9.30 Å². The zero-order valence-corrected chi connectivity index (χ0v) is 14.2. The number of phosphoric acid groups is 1. The molecule has 0 rings (SSSR count). The molecule has 0 aromatic heterocycles. The van der Waals surface area contributed by atoms with Gasteiger partial charge in [0.1, 0.15) is 0 Å². The van der Waals surface area contributed by atoms with E-state index in [4.69, 9.17) is 24.0 Å². The number of nitrogens with one attached hydrogen (secondary N) is 1. The Bertz CT molecular complexity index is 371. The molecule has 0 saturated carbocycles. The molecule has 0 aliphatic carbocycles. The predicted molar refractivity (Wildman–Crippen MR) is 73.1 cm³/mol. The molecule has 0 aromatic carbocycles. The number of alkyl halides is 6. The molecule has 0 spiro atoms. The average molecular weight is 393 g/mol. The highest BCUT2D eigenvalue weighted by Gasteiger charge is 2.49. The molecule has 0 bridgehead atoms. The van der Waals surface area contributed by atoms with E-state index in [9.17, 15) is 26.3 Å². The van der Waals surface area contributed by atoms with Crippen LogP contribution in [-0.4, -0.2) is 51.8 Å². The van der Waals surface area contributed by atoms with Crippen molar-refractivity contribution in [2.24, 2.45) is 0 Å². The van der Waals surface area contributed by atoms with Gasteiger partial charge < -0.3 is 24.7 Å². The third kappa shape index (κ3) is 19.7. The van der Waals surface area contributed by atoms with Gasteiger partial charge in [0, 0.05) is 12.6 Å². The smallest absolute Gasteiger partial charge is 0.380 e. The largest absolute Gasteiger partial charge is 0.466 e. The first kappa shape index (κ1) is 25.8. The molecule has 0 unspecified atom stereocenters. The minimum atomic E-state index is -4.70. The van der Waals surface area contributed by atoms with Gasteiger partial charge in [-0.3, -0.25) is 0 Å². The van der Waals surface area contributed by atoms with Gasteiger partial charge in [-0.2, -0.15) is 26.3 Å². The second kappa shape index (κ2) is 9.93. The van der Waals surface area contributed by atoms with Crippen LogP contribution in [0.4, 0.5) is 26.3 Å². The van der Waals surface area contributed by atoms with E-state index in [0.29, 0.717) is 0 Å². The minimum Gasteiger partial charge on any atom is -0.380 e. The van der Waals surface area contributed by atoms with E-state index >= 15 is 0 Å². The number of ether oxygens (including phenoxy) is 1. The van der Waals surface area contributed by atoms with Crippen LogP contribution in [0, 0.1) is 0 Å². The van der Waals surface area contributed by atoms with Crippen LogP contribution >= 0.6 is 7.82 Å². The molecule has 4 N–H and O–H groups in total. The Balaban J connectivity index is 0. The van der Waals surface area contributed by atoms with Crippen molar-refractivity contribution in [2.75, 3.05) is 13.2 Å². The van der Waals surface area contributed by atoms with Crippen molar-refractivity contribution in [3.63, 3.8) is 0 Å². The van der Waals surface area contributed by atoms with Gasteiger partial charge in [0.2, 0.25) is 0 Å². The monoisotopic (exact) mass is 393 g/mol. The molecule has 0 aromatic rings. The van der Waals surface area contributed by atoms with Crippen LogP contribution in [0.3, 0.4) is 0 Å². The summed E-state index contributed by atoms with van der Waals surface area (Å²) in [4.78, 5) is 21.6. The summed E-state index contributed by atoms with van der Waals surface area (Å²) in [5, 5.41) is 2.38. The second-order valence-electron chi connectivity index (χ2n) is 5.31. The number of halogens is 6. The molecule has 0 atom stereocenters. The Morgan fingerprint density at radius 1 is 1.00 bits per heavy atom. The van der Waals surface area contributed by atoms with Crippen molar-refractivity contribution < 1.29 is 50.3 Å². The second-order valence-corrected chi connectivity index (χ2v) is 6.34. The fraction of sp³-hybridized carbons (Fsp3) is 1.00. The van der Waals surface area contributed by atoms with E-state index in [1.807, 2.05) is 0 Å². The normalized spacial score (nSPS) is 13.7. The topological polar surface area (TPSA) is 99.0 Å². The molecule has 0 aliphatic rings. The zero-order chi connectivity index (χ0) is 19.8. The Kier molecular flexibility index (Phi) is 10.7. The Hall–Kier alpha value is -0.390. The van der Waals surface area contributed by atoms with Gasteiger partial charge in [-0.25, -0.2) is 4.57 Å². The van der Waals surface area contributed by atoms with E-state index in [1.165, 1.54) is 20.8 Å². The molecule has 0 fully saturated rings. The summed E-state index contributed by atoms with van der Waals surface area (Å²) in [6.45, 7) is 3.92. The van der Waals surface area contributed by atoms with Crippen molar-refractivity contribution in [3.05, 3.63) is 0 Å². The highest BCUT2D eigenvalue weighted by Crippen LogP contribution is 2.36. The van der Waals surface area contributed by atoms with Crippen molar-refractivity contribution >= 4 is 7.82 Å². The van der Waals surface area contributed by atoms with Gasteiger partial charge in [-0.15, -0.1) is 0 Å². The molecule has 0 amide bonds. The van der Waals surface area contributed by atoms with Crippen LogP contribution in [0.2, 0.25) is 0 Å².